The van der Waals surface area contributed by atoms with E-state index in [0.29, 0.717) is 78.8 Å². The van der Waals surface area contributed by atoms with Gasteiger partial charge in [-0.3, -0.25) is 9.59 Å². The third kappa shape index (κ3) is 18.5. The van der Waals surface area contributed by atoms with Crippen molar-refractivity contribution in [2.24, 2.45) is 11.0 Å². The van der Waals surface area contributed by atoms with Gasteiger partial charge in [-0.2, -0.15) is 5.26 Å². The van der Waals surface area contributed by atoms with E-state index in [2.05, 4.69) is 32.5 Å². The molecule has 200 valence electrons. The topological polar surface area (TPSA) is 168 Å². The number of hydrogen-bond acceptors (Lipinski definition) is 8. The summed E-state index contributed by atoms with van der Waals surface area (Å²) >= 11 is 0. The summed E-state index contributed by atoms with van der Waals surface area (Å²) in [5.74, 6) is 5.55. The maximum atomic E-state index is 12.1. The summed E-state index contributed by atoms with van der Waals surface area (Å²) in [5, 5.41) is 17.7. The zero-order chi connectivity index (χ0) is 26.1. The van der Waals surface area contributed by atoms with Crippen molar-refractivity contribution in [3.05, 3.63) is 10.4 Å². The molecule has 1 fully saturated rings. The Morgan fingerprint density at radius 3 is 2.11 bits per heavy atom. The number of amides is 2. The van der Waals surface area contributed by atoms with Crippen molar-refractivity contribution >= 4 is 11.8 Å². The number of azide groups is 1. The van der Waals surface area contributed by atoms with Gasteiger partial charge in [0.25, 0.3) is 0 Å². The Labute approximate surface area is 213 Å². The first-order chi connectivity index (χ1) is 17.7. The van der Waals surface area contributed by atoms with Gasteiger partial charge in [0.15, 0.2) is 6.07 Å². The molecular weight excluding hydrogens is 468 g/mol. The summed E-state index contributed by atoms with van der Waals surface area (Å²) in [6.45, 7) is 4.01. The minimum absolute atomic E-state index is 0.0000895. The SMILES string of the molecule is N#CC#CC1CCC(NC(=O)CCCNC(=O)CCOCCOCCOCCOCCN=[N+]=[N-])CC1. The van der Waals surface area contributed by atoms with Gasteiger partial charge in [-0.1, -0.05) is 11.0 Å². The minimum atomic E-state index is -0.108. The van der Waals surface area contributed by atoms with Gasteiger partial charge < -0.3 is 29.6 Å². The molecule has 0 bridgehead atoms. The van der Waals surface area contributed by atoms with Gasteiger partial charge in [0.1, 0.15) is 0 Å². The van der Waals surface area contributed by atoms with Gasteiger partial charge in [0.05, 0.1) is 52.9 Å². The number of nitriles is 1. The Morgan fingerprint density at radius 1 is 0.889 bits per heavy atom. The van der Waals surface area contributed by atoms with Crippen molar-refractivity contribution < 1.29 is 28.5 Å². The lowest BCUT2D eigenvalue weighted by molar-refractivity contribution is -0.124. The predicted molar refractivity (Wildman–Crippen MR) is 131 cm³/mol. The lowest BCUT2D eigenvalue weighted by Crippen LogP contribution is -2.37. The van der Waals surface area contributed by atoms with Gasteiger partial charge >= 0.3 is 0 Å². The lowest BCUT2D eigenvalue weighted by Gasteiger charge is -2.26. The van der Waals surface area contributed by atoms with Gasteiger partial charge in [0, 0.05) is 48.7 Å². The van der Waals surface area contributed by atoms with Gasteiger partial charge in [-0.25, -0.2) is 0 Å². The monoisotopic (exact) mass is 506 g/mol. The Morgan fingerprint density at radius 2 is 1.50 bits per heavy atom. The Hall–Kier alpha value is -2.86. The summed E-state index contributed by atoms with van der Waals surface area (Å²) in [4.78, 5) is 26.6. The summed E-state index contributed by atoms with van der Waals surface area (Å²) in [5.41, 5.74) is 8.11. The molecule has 0 aromatic carbocycles. The predicted octanol–water partition coefficient (Wildman–Crippen LogP) is 1.85. The van der Waals surface area contributed by atoms with E-state index in [0.717, 1.165) is 25.7 Å². The van der Waals surface area contributed by atoms with Crippen LogP contribution in [0.15, 0.2) is 5.11 Å². The second-order valence-corrected chi connectivity index (χ2v) is 8.10. The molecule has 1 rings (SSSR count). The maximum Gasteiger partial charge on any atom is 0.222 e. The largest absolute Gasteiger partial charge is 0.379 e. The molecule has 0 atom stereocenters. The maximum absolute atomic E-state index is 12.1. The quantitative estimate of drug-likeness (QED) is 0.0835. The molecule has 12 nitrogen and oxygen atoms in total. The van der Waals surface area contributed by atoms with Crippen LogP contribution in [0.2, 0.25) is 0 Å². The number of ether oxygens (including phenoxy) is 4. The van der Waals surface area contributed by atoms with E-state index in [9.17, 15) is 9.59 Å². The smallest absolute Gasteiger partial charge is 0.222 e. The van der Waals surface area contributed by atoms with E-state index in [1.807, 2.05) is 6.07 Å². The van der Waals surface area contributed by atoms with Crippen molar-refractivity contribution in [2.45, 2.75) is 51.0 Å². The molecule has 0 spiro atoms. The molecule has 2 N–H and O–H groups in total. The third-order valence-electron chi connectivity index (χ3n) is 5.32. The highest BCUT2D eigenvalue weighted by Gasteiger charge is 2.21. The van der Waals surface area contributed by atoms with Crippen molar-refractivity contribution in [3.63, 3.8) is 0 Å². The number of nitrogens with one attached hydrogen (secondary N) is 2. The van der Waals surface area contributed by atoms with Crippen LogP contribution in [0.25, 0.3) is 10.4 Å². The van der Waals surface area contributed by atoms with Crippen LogP contribution in [-0.4, -0.2) is 83.8 Å². The van der Waals surface area contributed by atoms with E-state index in [4.69, 9.17) is 29.7 Å². The molecule has 2 amide bonds. The Kier molecular flexibility index (Phi) is 19.6. The summed E-state index contributed by atoms with van der Waals surface area (Å²) in [7, 11) is 0. The summed E-state index contributed by atoms with van der Waals surface area (Å²) in [6, 6.07) is 2.01. The molecular formula is C24H38N6O6. The molecule has 0 aromatic rings. The molecule has 36 heavy (non-hydrogen) atoms. The molecule has 0 aromatic heterocycles. The van der Waals surface area contributed by atoms with E-state index < -0.39 is 0 Å². The Balaban J connectivity index is 1.85. The van der Waals surface area contributed by atoms with Crippen molar-refractivity contribution in [1.82, 2.24) is 10.6 Å². The molecule has 0 heterocycles. The van der Waals surface area contributed by atoms with Crippen LogP contribution in [0.4, 0.5) is 0 Å². The van der Waals surface area contributed by atoms with Gasteiger partial charge in [-0.05, 0) is 37.6 Å². The number of carbonyl (C=O) groups is 2. The van der Waals surface area contributed by atoms with Crippen LogP contribution < -0.4 is 10.6 Å². The molecule has 1 aliphatic rings. The van der Waals surface area contributed by atoms with Gasteiger partial charge in [-0.15, -0.1) is 0 Å². The highest BCUT2D eigenvalue weighted by Crippen LogP contribution is 2.23. The molecule has 0 saturated heterocycles. The fourth-order valence-electron chi connectivity index (χ4n) is 3.46. The summed E-state index contributed by atoms with van der Waals surface area (Å²) < 4.78 is 21.3. The van der Waals surface area contributed by atoms with Crippen LogP contribution in [0.3, 0.4) is 0 Å². The Bertz CT molecular complexity index is 763. The standard InChI is InChI=1S/C24H38N6O6/c25-10-1-3-21-5-7-22(8-6-21)29-24(32)4-2-11-27-23(31)9-13-33-15-17-35-19-20-36-18-16-34-14-12-28-30-26/h21-22H,2,4-9,11-20H2,(H,27,31)(H,29,32). The van der Waals surface area contributed by atoms with E-state index in [1.165, 1.54) is 0 Å². The second-order valence-electron chi connectivity index (χ2n) is 8.10. The van der Waals surface area contributed by atoms with Crippen LogP contribution in [0.5, 0.6) is 0 Å². The zero-order valence-electron chi connectivity index (χ0n) is 20.9. The fourth-order valence-corrected chi connectivity index (χ4v) is 3.46. The molecule has 0 radical (unpaired) electrons. The molecule has 0 unspecified atom stereocenters. The molecule has 1 aliphatic carbocycles. The zero-order valence-corrected chi connectivity index (χ0v) is 20.9. The molecule has 0 aliphatic heterocycles. The highest BCUT2D eigenvalue weighted by atomic mass is 16.6. The number of nitrogens with zero attached hydrogens (tertiary/aromatic N) is 4. The minimum Gasteiger partial charge on any atom is -0.379 e. The lowest BCUT2D eigenvalue weighted by atomic mass is 9.86. The van der Waals surface area contributed by atoms with Crippen LogP contribution >= 0.6 is 0 Å². The van der Waals surface area contributed by atoms with Crippen molar-refractivity contribution in [3.8, 4) is 17.9 Å². The molecule has 12 heteroatoms. The van der Waals surface area contributed by atoms with Crippen LogP contribution in [0, 0.1) is 29.1 Å². The molecule has 1 saturated carbocycles. The summed E-state index contributed by atoms with van der Waals surface area (Å²) in [6.07, 6.45) is 4.77. The average Bonchev–Trinajstić information content (AvgIpc) is 2.88. The number of carbonyl (C=O) groups excluding carboxylic acids is 2. The third-order valence-corrected chi connectivity index (χ3v) is 5.32. The van der Waals surface area contributed by atoms with Crippen LogP contribution in [0.1, 0.15) is 44.9 Å². The normalized spacial score (nSPS) is 16.6. The fraction of sp³-hybridized carbons (Fsp3) is 0.792. The second kappa shape index (κ2) is 22.6. The number of hydrogen-bond donors (Lipinski definition) is 2. The van der Waals surface area contributed by atoms with E-state index in [1.54, 1.807) is 0 Å². The van der Waals surface area contributed by atoms with E-state index in [-0.39, 0.29) is 30.2 Å². The number of rotatable bonds is 20. The first-order valence-corrected chi connectivity index (χ1v) is 12.4. The highest BCUT2D eigenvalue weighted by molar-refractivity contribution is 5.77. The van der Waals surface area contributed by atoms with Crippen molar-refractivity contribution in [1.29, 1.82) is 5.26 Å². The average molecular weight is 507 g/mol. The first-order valence-electron chi connectivity index (χ1n) is 12.4. The van der Waals surface area contributed by atoms with Crippen molar-refractivity contribution in [2.75, 3.05) is 65.9 Å². The first kappa shape index (κ1) is 31.2. The van der Waals surface area contributed by atoms with E-state index >= 15 is 0 Å². The van der Waals surface area contributed by atoms with Crippen LogP contribution in [-0.2, 0) is 28.5 Å². The van der Waals surface area contributed by atoms with Gasteiger partial charge in [0.2, 0.25) is 11.8 Å².